The highest BCUT2D eigenvalue weighted by molar-refractivity contribution is 9.10. The number of halogens is 5. The first-order valence-corrected chi connectivity index (χ1v) is 6.74. The summed E-state index contributed by atoms with van der Waals surface area (Å²) in [5.41, 5.74) is 0.229. The maximum atomic E-state index is 12.7. The number of hydrogen-bond donors (Lipinski definition) is 1. The molecule has 0 aliphatic carbocycles. The van der Waals surface area contributed by atoms with Crippen LogP contribution in [0.15, 0.2) is 41.0 Å². The molecule has 2 nitrogen and oxygen atoms in total. The van der Waals surface area contributed by atoms with Gasteiger partial charge < -0.3 is 5.32 Å². The molecule has 1 N–H and O–H groups in total. The summed E-state index contributed by atoms with van der Waals surface area (Å²) in [6.07, 6.45) is -2.80. The van der Waals surface area contributed by atoms with E-state index < -0.39 is 11.7 Å². The molecule has 0 amide bonds. The second-order valence-corrected chi connectivity index (χ2v) is 5.40. The summed E-state index contributed by atoms with van der Waals surface area (Å²) in [7, 11) is 0. The lowest BCUT2D eigenvalue weighted by atomic mass is 10.2. The van der Waals surface area contributed by atoms with E-state index in [4.69, 9.17) is 11.6 Å². The summed E-state index contributed by atoms with van der Waals surface area (Å²) in [5, 5.41) is 2.90. The van der Waals surface area contributed by atoms with E-state index in [-0.39, 0.29) is 5.02 Å². The van der Waals surface area contributed by atoms with Crippen LogP contribution in [0.1, 0.15) is 11.3 Å². The van der Waals surface area contributed by atoms with Gasteiger partial charge in [0.15, 0.2) is 0 Å². The molecule has 2 aromatic rings. The Hall–Kier alpha value is -1.27. The van der Waals surface area contributed by atoms with Gasteiger partial charge >= 0.3 is 6.18 Å². The van der Waals surface area contributed by atoms with Crippen LogP contribution in [-0.4, -0.2) is 4.98 Å². The first kappa shape index (κ1) is 15.1. The Kier molecular flexibility index (Phi) is 4.55. The molecular weight excluding hydrogens is 357 g/mol. The molecule has 1 heterocycles. The number of alkyl halides is 3. The molecule has 106 valence electrons. The summed E-state index contributed by atoms with van der Waals surface area (Å²) >= 11 is 8.95. The summed E-state index contributed by atoms with van der Waals surface area (Å²) in [5.74, 6) is 0. The van der Waals surface area contributed by atoms with Crippen LogP contribution in [0.3, 0.4) is 0 Å². The fourth-order valence-corrected chi connectivity index (χ4v) is 2.03. The van der Waals surface area contributed by atoms with E-state index >= 15 is 0 Å². The lowest BCUT2D eigenvalue weighted by Gasteiger charge is -2.11. The zero-order chi connectivity index (χ0) is 14.8. The zero-order valence-electron chi connectivity index (χ0n) is 10.0. The highest BCUT2D eigenvalue weighted by Gasteiger charge is 2.31. The lowest BCUT2D eigenvalue weighted by Crippen LogP contribution is -2.07. The second kappa shape index (κ2) is 6.01. The van der Waals surface area contributed by atoms with Gasteiger partial charge in [-0.2, -0.15) is 13.2 Å². The molecule has 2 rings (SSSR count). The molecule has 7 heteroatoms. The van der Waals surface area contributed by atoms with Crippen molar-refractivity contribution in [3.05, 3.63) is 57.3 Å². The SMILES string of the molecule is FC(F)(F)c1cc(Cl)cc(NCc2ccc(Br)cn2)c1. The first-order valence-electron chi connectivity index (χ1n) is 5.57. The maximum absolute atomic E-state index is 12.7. The summed E-state index contributed by atoms with van der Waals surface area (Å²) < 4.78 is 38.8. The van der Waals surface area contributed by atoms with Crippen molar-refractivity contribution in [2.24, 2.45) is 0 Å². The van der Waals surface area contributed by atoms with Crippen LogP contribution in [-0.2, 0) is 12.7 Å². The number of anilines is 1. The minimum atomic E-state index is -4.42. The Morgan fingerprint density at radius 2 is 1.95 bits per heavy atom. The summed E-state index contributed by atoms with van der Waals surface area (Å²) in [6.45, 7) is 0.310. The van der Waals surface area contributed by atoms with E-state index in [2.05, 4.69) is 26.2 Å². The predicted octanol–water partition coefficient (Wildman–Crippen LogP) is 5.13. The average Bonchev–Trinajstić information content (AvgIpc) is 2.36. The third-order valence-electron chi connectivity index (χ3n) is 2.49. The Morgan fingerprint density at radius 1 is 1.20 bits per heavy atom. The van der Waals surface area contributed by atoms with Crippen molar-refractivity contribution < 1.29 is 13.2 Å². The average molecular weight is 366 g/mol. The topological polar surface area (TPSA) is 24.9 Å². The van der Waals surface area contributed by atoms with Crippen molar-refractivity contribution in [2.75, 3.05) is 5.32 Å². The highest BCUT2D eigenvalue weighted by atomic mass is 79.9. The molecule has 0 saturated carbocycles. The van der Waals surface area contributed by atoms with Crippen LogP contribution in [0.5, 0.6) is 0 Å². The molecule has 0 spiro atoms. The van der Waals surface area contributed by atoms with Gasteiger partial charge in [-0.15, -0.1) is 0 Å². The third-order valence-corrected chi connectivity index (χ3v) is 3.17. The number of rotatable bonds is 3. The van der Waals surface area contributed by atoms with E-state index in [1.807, 2.05) is 6.07 Å². The quantitative estimate of drug-likeness (QED) is 0.816. The lowest BCUT2D eigenvalue weighted by molar-refractivity contribution is -0.137. The molecular formula is C13H9BrClF3N2. The van der Waals surface area contributed by atoms with Gasteiger partial charge in [-0.3, -0.25) is 4.98 Å². The molecule has 0 atom stereocenters. The van der Waals surface area contributed by atoms with E-state index in [9.17, 15) is 13.2 Å². The Labute approximate surface area is 127 Å². The van der Waals surface area contributed by atoms with Gasteiger partial charge in [0.1, 0.15) is 0 Å². The smallest absolute Gasteiger partial charge is 0.379 e. The van der Waals surface area contributed by atoms with Crippen LogP contribution in [0, 0.1) is 0 Å². The van der Waals surface area contributed by atoms with Crippen LogP contribution >= 0.6 is 27.5 Å². The minimum Gasteiger partial charge on any atom is -0.379 e. The first-order chi connectivity index (χ1) is 9.34. The van der Waals surface area contributed by atoms with E-state index in [0.29, 0.717) is 17.9 Å². The number of nitrogens with one attached hydrogen (secondary N) is 1. The van der Waals surface area contributed by atoms with Gasteiger partial charge in [0.25, 0.3) is 0 Å². The third kappa shape index (κ3) is 4.11. The van der Waals surface area contributed by atoms with Crippen LogP contribution in [0.2, 0.25) is 5.02 Å². The summed E-state index contributed by atoms with van der Waals surface area (Å²) in [6, 6.07) is 6.93. The van der Waals surface area contributed by atoms with E-state index in [1.165, 1.54) is 6.07 Å². The fraction of sp³-hybridized carbons (Fsp3) is 0.154. The molecule has 0 aliphatic rings. The standard InChI is InChI=1S/C13H9BrClF3N2/c14-9-1-2-11(19-6-9)7-20-12-4-8(13(16,17)18)3-10(15)5-12/h1-6,20H,7H2. The molecule has 20 heavy (non-hydrogen) atoms. The molecule has 1 aromatic carbocycles. The monoisotopic (exact) mass is 364 g/mol. The normalized spacial score (nSPS) is 11.4. The molecule has 0 bridgehead atoms. The number of aromatic nitrogens is 1. The Morgan fingerprint density at radius 3 is 2.55 bits per heavy atom. The molecule has 0 aliphatic heterocycles. The minimum absolute atomic E-state index is 0.0334. The molecule has 0 fully saturated rings. The molecule has 0 unspecified atom stereocenters. The maximum Gasteiger partial charge on any atom is 0.416 e. The van der Waals surface area contributed by atoms with Gasteiger partial charge in [0, 0.05) is 21.4 Å². The van der Waals surface area contributed by atoms with Crippen LogP contribution in [0.25, 0.3) is 0 Å². The highest BCUT2D eigenvalue weighted by Crippen LogP contribution is 2.33. The second-order valence-electron chi connectivity index (χ2n) is 4.05. The number of pyridine rings is 1. The Balaban J connectivity index is 2.13. The number of benzene rings is 1. The van der Waals surface area contributed by atoms with Crippen LogP contribution < -0.4 is 5.32 Å². The molecule has 0 saturated heterocycles. The summed E-state index contributed by atoms with van der Waals surface area (Å²) in [4.78, 5) is 4.12. The van der Waals surface area contributed by atoms with Gasteiger partial charge in [0.05, 0.1) is 17.8 Å². The van der Waals surface area contributed by atoms with E-state index in [1.54, 1.807) is 12.3 Å². The van der Waals surface area contributed by atoms with Crippen molar-refractivity contribution >= 4 is 33.2 Å². The van der Waals surface area contributed by atoms with Crippen LogP contribution in [0.4, 0.5) is 18.9 Å². The van der Waals surface area contributed by atoms with Gasteiger partial charge in [-0.05, 0) is 46.3 Å². The van der Waals surface area contributed by atoms with Crippen molar-refractivity contribution in [3.63, 3.8) is 0 Å². The number of hydrogen-bond acceptors (Lipinski definition) is 2. The van der Waals surface area contributed by atoms with Gasteiger partial charge in [0.2, 0.25) is 0 Å². The van der Waals surface area contributed by atoms with Crippen molar-refractivity contribution in [2.45, 2.75) is 12.7 Å². The van der Waals surface area contributed by atoms with Gasteiger partial charge in [-0.25, -0.2) is 0 Å². The fourth-order valence-electron chi connectivity index (χ4n) is 1.56. The largest absolute Gasteiger partial charge is 0.416 e. The van der Waals surface area contributed by atoms with Crippen molar-refractivity contribution in [1.82, 2.24) is 4.98 Å². The predicted molar refractivity (Wildman–Crippen MR) is 75.7 cm³/mol. The molecule has 1 aromatic heterocycles. The van der Waals surface area contributed by atoms with Gasteiger partial charge in [-0.1, -0.05) is 11.6 Å². The molecule has 0 radical (unpaired) electrons. The van der Waals surface area contributed by atoms with E-state index in [0.717, 1.165) is 16.6 Å². The van der Waals surface area contributed by atoms with Crippen molar-refractivity contribution in [3.8, 4) is 0 Å². The number of nitrogens with zero attached hydrogens (tertiary/aromatic N) is 1. The Bertz CT molecular complexity index is 600. The zero-order valence-corrected chi connectivity index (χ0v) is 12.4. The van der Waals surface area contributed by atoms with Crippen molar-refractivity contribution in [1.29, 1.82) is 0 Å².